The van der Waals surface area contributed by atoms with E-state index in [-0.39, 0.29) is 11.1 Å². The average Bonchev–Trinajstić information content (AvgIpc) is 3.03. The zero-order valence-electron chi connectivity index (χ0n) is 12.6. The van der Waals surface area contributed by atoms with Crippen molar-refractivity contribution in [2.75, 3.05) is 26.3 Å². The fourth-order valence-electron chi connectivity index (χ4n) is 3.41. The molecule has 2 fully saturated rings. The maximum Gasteiger partial charge on any atom is 0.436 e. The van der Waals surface area contributed by atoms with Crippen LogP contribution in [0.15, 0.2) is 0 Å². The second-order valence-electron chi connectivity index (χ2n) is 6.27. The number of halogens is 4. The van der Waals surface area contributed by atoms with Crippen LogP contribution in [0.5, 0.6) is 0 Å². The number of piperidine rings is 1. The predicted molar refractivity (Wildman–Crippen MR) is 76.2 cm³/mol. The Balaban J connectivity index is 1.87. The highest BCUT2D eigenvalue weighted by atomic mass is 35.5. The summed E-state index contributed by atoms with van der Waals surface area (Å²) in [7, 11) is 1.30. The van der Waals surface area contributed by atoms with Gasteiger partial charge in [-0.15, -0.1) is 0 Å². The van der Waals surface area contributed by atoms with Crippen molar-refractivity contribution < 1.29 is 22.7 Å². The van der Waals surface area contributed by atoms with Gasteiger partial charge in [-0.25, -0.2) is 0 Å². The summed E-state index contributed by atoms with van der Waals surface area (Å²) < 4.78 is 45.0. The Hall–Kier alpha value is -1.28. The van der Waals surface area contributed by atoms with Crippen LogP contribution in [0.1, 0.15) is 35.4 Å². The van der Waals surface area contributed by atoms with Crippen molar-refractivity contribution in [2.45, 2.75) is 25.4 Å². The van der Waals surface area contributed by atoms with Gasteiger partial charge in [-0.05, 0) is 19.3 Å². The molecule has 0 aliphatic carbocycles. The summed E-state index contributed by atoms with van der Waals surface area (Å²) in [4.78, 5) is 14.3. The van der Waals surface area contributed by atoms with Crippen molar-refractivity contribution >= 4 is 17.5 Å². The second-order valence-corrected chi connectivity index (χ2v) is 6.64. The Bertz CT molecular complexity index is 624. The van der Waals surface area contributed by atoms with Crippen LogP contribution in [0.3, 0.4) is 0 Å². The Morgan fingerprint density at radius 3 is 2.70 bits per heavy atom. The number of carbonyl (C=O) groups is 1. The van der Waals surface area contributed by atoms with Crippen LogP contribution in [0.4, 0.5) is 13.2 Å². The molecular formula is C14H17ClF3N3O2. The third-order valence-electron chi connectivity index (χ3n) is 4.59. The van der Waals surface area contributed by atoms with E-state index in [1.807, 2.05) is 0 Å². The number of hydrogen-bond donors (Lipinski definition) is 0. The van der Waals surface area contributed by atoms with Crippen LogP contribution in [0, 0.1) is 5.41 Å². The van der Waals surface area contributed by atoms with E-state index < -0.39 is 22.8 Å². The lowest BCUT2D eigenvalue weighted by Gasteiger charge is -2.39. The smallest absolute Gasteiger partial charge is 0.381 e. The van der Waals surface area contributed by atoms with Crippen molar-refractivity contribution in [1.82, 2.24) is 14.7 Å². The number of hydrogen-bond acceptors (Lipinski definition) is 3. The normalized spacial score (nSPS) is 25.3. The second kappa shape index (κ2) is 5.66. The number of rotatable bonds is 1. The number of carbonyl (C=O) groups excluding carboxylic acids is 1. The van der Waals surface area contributed by atoms with Gasteiger partial charge in [0.1, 0.15) is 10.7 Å². The van der Waals surface area contributed by atoms with Crippen LogP contribution in [-0.2, 0) is 18.0 Å². The molecule has 1 spiro atoms. The summed E-state index contributed by atoms with van der Waals surface area (Å²) in [5, 5.41) is 2.74. The molecule has 1 unspecified atom stereocenters. The first kappa shape index (κ1) is 16.6. The first-order valence-corrected chi connectivity index (χ1v) is 7.78. The van der Waals surface area contributed by atoms with E-state index in [1.54, 1.807) is 4.90 Å². The minimum absolute atomic E-state index is 0.0775. The predicted octanol–water partition coefficient (Wildman–Crippen LogP) is 2.74. The summed E-state index contributed by atoms with van der Waals surface area (Å²) in [5.41, 5.74) is -1.51. The topological polar surface area (TPSA) is 47.4 Å². The van der Waals surface area contributed by atoms with E-state index in [9.17, 15) is 18.0 Å². The molecule has 0 bridgehead atoms. The summed E-state index contributed by atoms with van der Waals surface area (Å²) in [6.07, 6.45) is -2.06. The number of aryl methyl sites for hydroxylation is 1. The third kappa shape index (κ3) is 2.94. The summed E-state index contributed by atoms with van der Waals surface area (Å²) in [6.45, 7) is 2.23. The fourth-order valence-corrected chi connectivity index (χ4v) is 3.76. The minimum atomic E-state index is -4.68. The van der Waals surface area contributed by atoms with Gasteiger partial charge >= 0.3 is 6.18 Å². The van der Waals surface area contributed by atoms with Gasteiger partial charge in [0, 0.05) is 32.2 Å². The molecule has 1 aromatic heterocycles. The molecule has 3 heterocycles. The molecular weight excluding hydrogens is 335 g/mol. The highest BCUT2D eigenvalue weighted by Crippen LogP contribution is 2.39. The van der Waals surface area contributed by atoms with E-state index in [4.69, 9.17) is 16.3 Å². The molecule has 3 rings (SSSR count). The van der Waals surface area contributed by atoms with Gasteiger partial charge in [0.15, 0.2) is 5.69 Å². The Morgan fingerprint density at radius 2 is 2.13 bits per heavy atom. The van der Waals surface area contributed by atoms with Crippen molar-refractivity contribution in [2.24, 2.45) is 12.5 Å². The molecule has 0 aromatic carbocycles. The molecule has 2 saturated heterocycles. The Labute approximate surface area is 136 Å². The van der Waals surface area contributed by atoms with E-state index in [0.717, 1.165) is 23.9 Å². The van der Waals surface area contributed by atoms with Crippen LogP contribution in [-0.4, -0.2) is 46.9 Å². The number of alkyl halides is 3. The van der Waals surface area contributed by atoms with Crippen molar-refractivity contribution in [3.8, 4) is 0 Å². The van der Waals surface area contributed by atoms with E-state index in [0.29, 0.717) is 26.3 Å². The first-order chi connectivity index (χ1) is 10.7. The van der Waals surface area contributed by atoms with Crippen LogP contribution >= 0.6 is 11.6 Å². The molecule has 2 aliphatic heterocycles. The first-order valence-electron chi connectivity index (χ1n) is 7.40. The molecule has 5 nitrogen and oxygen atoms in total. The SMILES string of the molecule is Cn1nc(C(F)(F)F)c(Cl)c1C(=O)N1CCCC2(CCOC2)C1. The van der Waals surface area contributed by atoms with Gasteiger partial charge in [0.2, 0.25) is 0 Å². The maximum absolute atomic E-state index is 12.9. The molecule has 1 atom stereocenters. The highest BCUT2D eigenvalue weighted by molar-refractivity contribution is 6.34. The lowest BCUT2D eigenvalue weighted by molar-refractivity contribution is -0.141. The molecule has 2 aliphatic rings. The monoisotopic (exact) mass is 351 g/mol. The van der Waals surface area contributed by atoms with E-state index >= 15 is 0 Å². The van der Waals surface area contributed by atoms with E-state index in [1.165, 1.54) is 7.05 Å². The van der Waals surface area contributed by atoms with Gasteiger partial charge in [-0.2, -0.15) is 18.3 Å². The van der Waals surface area contributed by atoms with Gasteiger partial charge in [0.05, 0.1) is 6.61 Å². The fraction of sp³-hybridized carbons (Fsp3) is 0.714. The molecule has 23 heavy (non-hydrogen) atoms. The van der Waals surface area contributed by atoms with Crippen molar-refractivity contribution in [3.63, 3.8) is 0 Å². The highest BCUT2D eigenvalue weighted by Gasteiger charge is 2.43. The average molecular weight is 352 g/mol. The summed E-state index contributed by atoms with van der Waals surface area (Å²) >= 11 is 5.80. The largest absolute Gasteiger partial charge is 0.436 e. The van der Waals surface area contributed by atoms with Gasteiger partial charge in [0.25, 0.3) is 5.91 Å². The standard InChI is InChI=1S/C14H17ClF3N3O2/c1-20-10(9(15)11(19-20)14(16,17)18)12(22)21-5-2-3-13(7-21)4-6-23-8-13/h2-8H2,1H3. The molecule has 1 aromatic rings. The van der Waals surface area contributed by atoms with Crippen LogP contribution in [0.25, 0.3) is 0 Å². The van der Waals surface area contributed by atoms with Gasteiger partial charge < -0.3 is 9.64 Å². The van der Waals surface area contributed by atoms with E-state index in [2.05, 4.69) is 5.10 Å². The summed E-state index contributed by atoms with van der Waals surface area (Å²) in [5.74, 6) is -0.508. The van der Waals surface area contributed by atoms with Crippen LogP contribution in [0.2, 0.25) is 5.02 Å². The molecule has 0 radical (unpaired) electrons. The van der Waals surface area contributed by atoms with Crippen molar-refractivity contribution in [1.29, 1.82) is 0 Å². The number of amides is 1. The van der Waals surface area contributed by atoms with Gasteiger partial charge in [-0.1, -0.05) is 11.6 Å². The number of aromatic nitrogens is 2. The number of nitrogens with zero attached hydrogens (tertiary/aromatic N) is 3. The molecule has 9 heteroatoms. The summed E-state index contributed by atoms with van der Waals surface area (Å²) in [6, 6.07) is 0. The van der Waals surface area contributed by atoms with Crippen molar-refractivity contribution in [3.05, 3.63) is 16.4 Å². The third-order valence-corrected chi connectivity index (χ3v) is 4.95. The van der Waals surface area contributed by atoms with Crippen LogP contribution < -0.4 is 0 Å². The Kier molecular flexibility index (Phi) is 4.08. The molecule has 0 N–H and O–H groups in total. The molecule has 0 saturated carbocycles. The minimum Gasteiger partial charge on any atom is -0.381 e. The quantitative estimate of drug-likeness (QED) is 0.781. The zero-order valence-corrected chi connectivity index (χ0v) is 13.4. The lowest BCUT2D eigenvalue weighted by Crippen LogP contribution is -2.47. The maximum atomic E-state index is 12.9. The number of likely N-dealkylation sites (tertiary alicyclic amines) is 1. The zero-order chi connectivity index (χ0) is 16.8. The Morgan fingerprint density at radius 1 is 1.39 bits per heavy atom. The lowest BCUT2D eigenvalue weighted by atomic mass is 9.79. The number of ether oxygens (including phenoxy) is 1. The molecule has 1 amide bonds. The molecule has 128 valence electrons. The van der Waals surface area contributed by atoms with Gasteiger partial charge in [-0.3, -0.25) is 9.48 Å².